The number of nitrogens with one attached hydrogen (secondary N) is 2. The summed E-state index contributed by atoms with van der Waals surface area (Å²) < 4.78 is 27.9. The van der Waals surface area contributed by atoms with Crippen LogP contribution < -0.4 is 10.6 Å². The van der Waals surface area contributed by atoms with Crippen molar-refractivity contribution in [2.45, 2.75) is 12.3 Å². The predicted octanol–water partition coefficient (Wildman–Crippen LogP) is 3.01. The smallest absolute Gasteiger partial charge is 0.291 e. The van der Waals surface area contributed by atoms with Crippen molar-refractivity contribution in [3.63, 3.8) is 0 Å². The zero-order valence-electron chi connectivity index (χ0n) is 15.7. The molecule has 3 rings (SSSR count). The van der Waals surface area contributed by atoms with Crippen LogP contribution in [-0.2, 0) is 22.1 Å². The minimum Gasteiger partial charge on any atom is -0.459 e. The molecule has 8 heteroatoms. The van der Waals surface area contributed by atoms with E-state index in [0.29, 0.717) is 23.4 Å². The summed E-state index contributed by atoms with van der Waals surface area (Å²) in [5, 5.41) is 5.52. The van der Waals surface area contributed by atoms with Crippen molar-refractivity contribution in [2.24, 2.45) is 0 Å². The summed E-state index contributed by atoms with van der Waals surface area (Å²) in [4.78, 5) is 24.3. The van der Waals surface area contributed by atoms with E-state index in [0.717, 1.165) is 11.8 Å². The van der Waals surface area contributed by atoms with Gasteiger partial charge in [-0.15, -0.1) is 0 Å². The molecule has 0 fully saturated rings. The monoisotopic (exact) mass is 412 g/mol. The molecule has 1 heterocycles. The Morgan fingerprint density at radius 1 is 0.931 bits per heavy atom. The molecule has 0 saturated carbocycles. The van der Waals surface area contributed by atoms with Crippen LogP contribution in [0.5, 0.6) is 0 Å². The molecule has 0 aliphatic heterocycles. The normalized spacial score (nSPS) is 11.1. The van der Waals surface area contributed by atoms with Crippen LogP contribution in [0.25, 0.3) is 0 Å². The molecule has 0 radical (unpaired) electrons. The minimum atomic E-state index is -3.17. The molecule has 0 bridgehead atoms. The SMILES string of the molecule is CS(=O)(=O)Cc1cccc(C(=O)NCc2ccc(NC(=O)c3ccco3)cc2)c1. The number of benzene rings is 2. The fraction of sp³-hybridized carbons (Fsp3) is 0.143. The number of sulfone groups is 1. The van der Waals surface area contributed by atoms with Gasteiger partial charge in [-0.05, 0) is 47.5 Å². The van der Waals surface area contributed by atoms with Gasteiger partial charge in [0.05, 0.1) is 12.0 Å². The summed E-state index contributed by atoms with van der Waals surface area (Å²) >= 11 is 0. The average Bonchev–Trinajstić information content (AvgIpc) is 3.21. The maximum absolute atomic E-state index is 12.4. The number of carbonyl (C=O) groups is 2. The first-order valence-corrected chi connectivity index (χ1v) is 10.8. The second kappa shape index (κ2) is 8.74. The molecule has 0 saturated heterocycles. The molecule has 1 aromatic heterocycles. The van der Waals surface area contributed by atoms with Crippen molar-refractivity contribution in [1.29, 1.82) is 0 Å². The molecule has 2 aromatic carbocycles. The van der Waals surface area contributed by atoms with Gasteiger partial charge in [0.1, 0.15) is 0 Å². The maximum atomic E-state index is 12.4. The van der Waals surface area contributed by atoms with Gasteiger partial charge in [-0.2, -0.15) is 0 Å². The van der Waals surface area contributed by atoms with Gasteiger partial charge in [0.2, 0.25) is 0 Å². The van der Waals surface area contributed by atoms with E-state index >= 15 is 0 Å². The summed E-state index contributed by atoms with van der Waals surface area (Å²) in [6.07, 6.45) is 2.58. The summed E-state index contributed by atoms with van der Waals surface area (Å²) in [5.41, 5.74) is 2.42. The fourth-order valence-corrected chi connectivity index (χ4v) is 3.48. The van der Waals surface area contributed by atoms with Gasteiger partial charge in [0.25, 0.3) is 11.8 Å². The second-order valence-corrected chi connectivity index (χ2v) is 8.72. The summed E-state index contributed by atoms with van der Waals surface area (Å²) in [6.45, 7) is 0.293. The molecule has 2 N–H and O–H groups in total. The van der Waals surface area contributed by atoms with Crippen LogP contribution in [0.3, 0.4) is 0 Å². The van der Waals surface area contributed by atoms with Gasteiger partial charge in [-0.25, -0.2) is 8.42 Å². The van der Waals surface area contributed by atoms with Crippen molar-refractivity contribution in [3.05, 3.63) is 89.4 Å². The first-order chi connectivity index (χ1) is 13.8. The molecule has 3 aromatic rings. The van der Waals surface area contributed by atoms with Crippen molar-refractivity contribution in [2.75, 3.05) is 11.6 Å². The fourth-order valence-electron chi connectivity index (χ4n) is 2.70. The Labute approximate surface area is 168 Å². The van der Waals surface area contributed by atoms with Crippen LogP contribution in [0, 0.1) is 0 Å². The number of hydrogen-bond acceptors (Lipinski definition) is 5. The van der Waals surface area contributed by atoms with Crippen molar-refractivity contribution >= 4 is 27.3 Å². The Kier molecular flexibility index (Phi) is 6.13. The van der Waals surface area contributed by atoms with Crippen LogP contribution in [-0.4, -0.2) is 26.5 Å². The van der Waals surface area contributed by atoms with Crippen molar-refractivity contribution in [3.8, 4) is 0 Å². The standard InChI is InChI=1S/C21H20N2O5S/c1-29(26,27)14-16-4-2-5-17(12-16)20(24)22-13-15-7-9-18(10-8-15)23-21(25)19-6-3-11-28-19/h2-12H,13-14H2,1H3,(H,22,24)(H,23,25). The van der Waals surface area contributed by atoms with E-state index in [2.05, 4.69) is 10.6 Å². The van der Waals surface area contributed by atoms with Gasteiger partial charge in [0.15, 0.2) is 15.6 Å². The Hall–Kier alpha value is -3.39. The number of rotatable bonds is 7. The lowest BCUT2D eigenvalue weighted by Gasteiger charge is -2.08. The van der Waals surface area contributed by atoms with Crippen LogP contribution in [0.4, 0.5) is 5.69 Å². The van der Waals surface area contributed by atoms with E-state index in [9.17, 15) is 18.0 Å². The highest BCUT2D eigenvalue weighted by molar-refractivity contribution is 7.89. The lowest BCUT2D eigenvalue weighted by Crippen LogP contribution is -2.23. The van der Waals surface area contributed by atoms with Gasteiger partial charge < -0.3 is 15.1 Å². The predicted molar refractivity (Wildman–Crippen MR) is 109 cm³/mol. The van der Waals surface area contributed by atoms with Crippen LogP contribution in [0.2, 0.25) is 0 Å². The molecule has 0 spiro atoms. The first-order valence-electron chi connectivity index (χ1n) is 8.79. The molecule has 7 nitrogen and oxygen atoms in total. The molecule has 2 amide bonds. The Bertz CT molecular complexity index is 1100. The molecular formula is C21H20N2O5S. The van der Waals surface area contributed by atoms with Crippen LogP contribution in [0.15, 0.2) is 71.3 Å². The van der Waals surface area contributed by atoms with Crippen LogP contribution >= 0.6 is 0 Å². The Morgan fingerprint density at radius 3 is 2.34 bits per heavy atom. The third-order valence-corrected chi connectivity index (χ3v) is 4.89. The number of anilines is 1. The molecule has 29 heavy (non-hydrogen) atoms. The van der Waals surface area contributed by atoms with E-state index in [1.165, 1.54) is 6.26 Å². The third-order valence-electron chi connectivity index (χ3n) is 4.03. The Balaban J connectivity index is 1.56. The molecule has 0 aliphatic carbocycles. The molecule has 0 unspecified atom stereocenters. The first kappa shape index (κ1) is 20.3. The van der Waals surface area contributed by atoms with E-state index in [1.54, 1.807) is 60.7 Å². The average molecular weight is 412 g/mol. The highest BCUT2D eigenvalue weighted by Gasteiger charge is 2.10. The van der Waals surface area contributed by atoms with Gasteiger partial charge in [0, 0.05) is 24.1 Å². The van der Waals surface area contributed by atoms with E-state index in [-0.39, 0.29) is 23.3 Å². The molecule has 0 aliphatic rings. The lowest BCUT2D eigenvalue weighted by atomic mass is 10.1. The number of carbonyl (C=O) groups excluding carboxylic acids is 2. The number of furan rings is 1. The Morgan fingerprint density at radius 2 is 1.69 bits per heavy atom. The van der Waals surface area contributed by atoms with Gasteiger partial charge in [-0.1, -0.05) is 24.3 Å². The van der Waals surface area contributed by atoms with Crippen molar-refractivity contribution < 1.29 is 22.4 Å². The minimum absolute atomic E-state index is 0.112. The summed E-state index contributed by atoms with van der Waals surface area (Å²) in [5.74, 6) is -0.528. The highest BCUT2D eigenvalue weighted by Crippen LogP contribution is 2.13. The quantitative estimate of drug-likeness (QED) is 0.621. The van der Waals surface area contributed by atoms with E-state index in [4.69, 9.17) is 4.42 Å². The maximum Gasteiger partial charge on any atom is 0.291 e. The van der Waals surface area contributed by atoms with E-state index < -0.39 is 9.84 Å². The summed E-state index contributed by atoms with van der Waals surface area (Å²) in [7, 11) is -3.17. The number of hydrogen-bond donors (Lipinski definition) is 2. The van der Waals surface area contributed by atoms with Gasteiger partial charge in [-0.3, -0.25) is 9.59 Å². The molecule has 0 atom stereocenters. The van der Waals surface area contributed by atoms with Gasteiger partial charge >= 0.3 is 0 Å². The van der Waals surface area contributed by atoms with E-state index in [1.807, 2.05) is 0 Å². The zero-order valence-corrected chi connectivity index (χ0v) is 16.5. The highest BCUT2D eigenvalue weighted by atomic mass is 32.2. The topological polar surface area (TPSA) is 105 Å². The largest absolute Gasteiger partial charge is 0.459 e. The molecule has 150 valence electrons. The van der Waals surface area contributed by atoms with Crippen molar-refractivity contribution in [1.82, 2.24) is 5.32 Å². The summed E-state index contributed by atoms with van der Waals surface area (Å²) in [6, 6.07) is 16.8. The zero-order chi connectivity index (χ0) is 20.9. The number of amides is 2. The molecular weight excluding hydrogens is 392 g/mol. The lowest BCUT2D eigenvalue weighted by molar-refractivity contribution is 0.0949. The third kappa shape index (κ3) is 6.05. The second-order valence-electron chi connectivity index (χ2n) is 6.58. The van der Waals surface area contributed by atoms with Crippen LogP contribution in [0.1, 0.15) is 32.0 Å².